The Morgan fingerprint density at radius 1 is 0.759 bits per heavy atom. The van der Waals surface area contributed by atoms with Crippen LogP contribution in [0.2, 0.25) is 0 Å². The second kappa shape index (κ2) is 10.0. The molecular formula is C17H21NO9P2. The van der Waals surface area contributed by atoms with Gasteiger partial charge in [0.25, 0.3) is 0 Å². The predicted octanol–water partition coefficient (Wildman–Crippen LogP) is 1.92. The molecule has 158 valence electrons. The first-order chi connectivity index (χ1) is 13.5. The smallest absolute Gasteiger partial charge is 0.404 e. The minimum Gasteiger partial charge on any atom is -0.404 e. The molecule has 0 radical (unpaired) electrons. The van der Waals surface area contributed by atoms with Crippen LogP contribution >= 0.6 is 15.6 Å². The van der Waals surface area contributed by atoms with Crippen molar-refractivity contribution in [2.75, 3.05) is 6.54 Å². The summed E-state index contributed by atoms with van der Waals surface area (Å²) in [5.41, 5.74) is 1.68. The molecule has 29 heavy (non-hydrogen) atoms. The number of hydrogen-bond acceptors (Lipinski definition) is 5. The number of amides is 1. The summed E-state index contributed by atoms with van der Waals surface area (Å²) in [4.78, 5) is 46.9. The molecule has 0 bridgehead atoms. The van der Waals surface area contributed by atoms with E-state index in [1.807, 2.05) is 0 Å². The highest BCUT2D eigenvalue weighted by atomic mass is 31.2. The topological polar surface area (TPSA) is 163 Å². The number of carbonyl (C=O) groups is 1. The van der Waals surface area contributed by atoms with E-state index in [1.165, 1.54) is 24.3 Å². The first kappa shape index (κ1) is 23.1. The van der Waals surface area contributed by atoms with Gasteiger partial charge in [-0.05, 0) is 48.2 Å². The Balaban J connectivity index is 1.71. The van der Waals surface area contributed by atoms with Gasteiger partial charge >= 0.3 is 15.6 Å². The van der Waals surface area contributed by atoms with Gasteiger partial charge in [-0.3, -0.25) is 24.4 Å². The molecule has 0 saturated carbocycles. The van der Waals surface area contributed by atoms with Crippen molar-refractivity contribution >= 4 is 21.6 Å². The van der Waals surface area contributed by atoms with Crippen molar-refractivity contribution in [1.29, 1.82) is 0 Å². The Bertz CT molecular complexity index is 904. The monoisotopic (exact) mass is 445 g/mol. The maximum atomic E-state index is 11.9. The van der Waals surface area contributed by atoms with Crippen LogP contribution in [-0.2, 0) is 26.8 Å². The zero-order valence-electron chi connectivity index (χ0n) is 15.2. The molecular weight excluding hydrogens is 424 g/mol. The third kappa shape index (κ3) is 9.71. The molecule has 1 amide bonds. The van der Waals surface area contributed by atoms with Crippen molar-refractivity contribution in [2.45, 2.75) is 19.3 Å². The molecule has 2 rings (SSSR count). The average Bonchev–Trinajstić information content (AvgIpc) is 2.60. The summed E-state index contributed by atoms with van der Waals surface area (Å²) in [6.07, 6.45) is 1.24. The highest BCUT2D eigenvalue weighted by Gasteiger charge is 2.16. The van der Waals surface area contributed by atoms with Crippen LogP contribution in [0.25, 0.3) is 0 Å². The number of phosphoric acid groups is 2. The summed E-state index contributed by atoms with van der Waals surface area (Å²) >= 11 is 0. The van der Waals surface area contributed by atoms with Gasteiger partial charge in [-0.25, -0.2) is 9.13 Å². The quantitative estimate of drug-likeness (QED) is 0.344. The van der Waals surface area contributed by atoms with Gasteiger partial charge in [0.05, 0.1) is 0 Å². The minimum absolute atomic E-state index is 0.0451. The largest absolute Gasteiger partial charge is 0.524 e. The lowest BCUT2D eigenvalue weighted by Crippen LogP contribution is -2.25. The number of nitrogens with one attached hydrogen (secondary N) is 1. The lowest BCUT2D eigenvalue weighted by atomic mass is 10.1. The molecule has 0 aliphatic carbocycles. The fraction of sp³-hybridized carbons (Fsp3) is 0.235. The molecule has 2 aromatic carbocycles. The number of aryl methyl sites for hydroxylation is 1. The molecule has 2 aromatic rings. The summed E-state index contributed by atoms with van der Waals surface area (Å²) in [5, 5.41) is 2.77. The van der Waals surface area contributed by atoms with Gasteiger partial charge in [0.15, 0.2) is 0 Å². The summed E-state index contributed by atoms with van der Waals surface area (Å²) in [7, 11) is -9.17. The molecule has 0 fully saturated rings. The van der Waals surface area contributed by atoms with Crippen molar-refractivity contribution in [1.82, 2.24) is 5.32 Å². The summed E-state index contributed by atoms with van der Waals surface area (Å²) in [6.45, 7) is 0.395. The maximum Gasteiger partial charge on any atom is 0.524 e. The number of phosphoric ester groups is 2. The van der Waals surface area contributed by atoms with Crippen LogP contribution in [0, 0.1) is 0 Å². The molecule has 0 aromatic heterocycles. The Morgan fingerprint density at radius 2 is 1.17 bits per heavy atom. The van der Waals surface area contributed by atoms with Crippen LogP contribution in [0.1, 0.15) is 17.5 Å². The SMILES string of the molecule is O=C(CCc1ccc(OP(=O)(O)O)cc1)NCCc1ccc(OP(=O)(O)O)cc1. The van der Waals surface area contributed by atoms with Gasteiger partial charge in [-0.1, -0.05) is 24.3 Å². The molecule has 0 unspecified atom stereocenters. The van der Waals surface area contributed by atoms with E-state index in [9.17, 15) is 13.9 Å². The van der Waals surface area contributed by atoms with Crippen LogP contribution in [0.15, 0.2) is 48.5 Å². The van der Waals surface area contributed by atoms with Gasteiger partial charge in [-0.15, -0.1) is 0 Å². The number of rotatable bonds is 10. The van der Waals surface area contributed by atoms with Crippen LogP contribution < -0.4 is 14.4 Å². The molecule has 0 heterocycles. The Kier molecular flexibility index (Phi) is 7.98. The van der Waals surface area contributed by atoms with Crippen molar-refractivity contribution in [3.05, 3.63) is 59.7 Å². The van der Waals surface area contributed by atoms with Crippen molar-refractivity contribution in [3.63, 3.8) is 0 Å². The summed E-state index contributed by atoms with van der Waals surface area (Å²) in [5.74, 6) is -0.0472. The molecule has 0 aliphatic rings. The van der Waals surface area contributed by atoms with Gasteiger partial charge < -0.3 is 14.4 Å². The lowest BCUT2D eigenvalue weighted by molar-refractivity contribution is -0.121. The van der Waals surface area contributed by atoms with Gasteiger partial charge in [0.1, 0.15) is 11.5 Å². The van der Waals surface area contributed by atoms with E-state index < -0.39 is 15.6 Å². The fourth-order valence-electron chi connectivity index (χ4n) is 2.40. The molecule has 0 aliphatic heterocycles. The second-order valence-corrected chi connectivity index (χ2v) is 8.38. The van der Waals surface area contributed by atoms with Gasteiger partial charge in [-0.2, -0.15) is 0 Å². The minimum atomic E-state index is -4.59. The number of benzene rings is 2. The Hall–Kier alpha value is -2.19. The predicted molar refractivity (Wildman–Crippen MR) is 103 cm³/mol. The Morgan fingerprint density at radius 3 is 1.59 bits per heavy atom. The summed E-state index contributed by atoms with van der Waals surface area (Å²) < 4.78 is 30.4. The van der Waals surface area contributed by atoms with Crippen LogP contribution in [0.4, 0.5) is 0 Å². The third-order valence-corrected chi connectivity index (χ3v) is 4.57. The summed E-state index contributed by atoms with van der Waals surface area (Å²) in [6, 6.07) is 12.3. The molecule has 5 N–H and O–H groups in total. The zero-order valence-corrected chi connectivity index (χ0v) is 17.0. The van der Waals surface area contributed by atoms with Crippen molar-refractivity contribution < 1.29 is 42.5 Å². The second-order valence-electron chi connectivity index (χ2n) is 6.05. The van der Waals surface area contributed by atoms with E-state index in [4.69, 9.17) is 19.6 Å². The van der Waals surface area contributed by atoms with Crippen LogP contribution in [0.3, 0.4) is 0 Å². The van der Waals surface area contributed by atoms with Gasteiger partial charge in [0, 0.05) is 13.0 Å². The normalized spacial score (nSPS) is 11.7. The van der Waals surface area contributed by atoms with E-state index in [0.29, 0.717) is 19.4 Å². The van der Waals surface area contributed by atoms with Crippen LogP contribution in [-0.4, -0.2) is 32.0 Å². The third-order valence-electron chi connectivity index (χ3n) is 3.67. The highest BCUT2D eigenvalue weighted by molar-refractivity contribution is 7.47. The highest BCUT2D eigenvalue weighted by Crippen LogP contribution is 2.38. The number of hydrogen-bond donors (Lipinski definition) is 5. The van der Waals surface area contributed by atoms with Gasteiger partial charge in [0.2, 0.25) is 5.91 Å². The van der Waals surface area contributed by atoms with Crippen LogP contribution in [0.5, 0.6) is 11.5 Å². The molecule has 0 atom stereocenters. The van der Waals surface area contributed by atoms with E-state index >= 15 is 0 Å². The number of carbonyl (C=O) groups excluding carboxylic acids is 1. The van der Waals surface area contributed by atoms with Crippen molar-refractivity contribution in [2.24, 2.45) is 0 Å². The zero-order chi connectivity index (χ0) is 21.5. The first-order valence-corrected chi connectivity index (χ1v) is 11.5. The Labute approximate surface area is 167 Å². The fourth-order valence-corrected chi connectivity index (χ4v) is 3.19. The maximum absolute atomic E-state index is 11.9. The molecule has 0 spiro atoms. The first-order valence-electron chi connectivity index (χ1n) is 8.45. The standard InChI is InChI=1S/C17H21NO9P2/c19-17(10-5-13-1-6-15(7-2-13)26-28(20,21)22)18-12-11-14-3-8-16(9-4-14)27-29(23,24)25/h1-4,6-9H,5,10-12H2,(H,18,19)(H2,20,21,22)(H2,23,24,25). The van der Waals surface area contributed by atoms with E-state index in [1.54, 1.807) is 24.3 Å². The lowest BCUT2D eigenvalue weighted by Gasteiger charge is -2.09. The molecule has 10 nitrogen and oxygen atoms in total. The molecule has 0 saturated heterocycles. The van der Waals surface area contributed by atoms with E-state index in [0.717, 1.165) is 11.1 Å². The van der Waals surface area contributed by atoms with E-state index in [-0.39, 0.29) is 23.8 Å². The molecule has 12 heteroatoms. The average molecular weight is 445 g/mol. The van der Waals surface area contributed by atoms with Crippen molar-refractivity contribution in [3.8, 4) is 11.5 Å². The van der Waals surface area contributed by atoms with E-state index in [2.05, 4.69) is 14.4 Å².